The molecule has 0 saturated heterocycles. The van der Waals surface area contributed by atoms with E-state index in [9.17, 15) is 19.5 Å². The minimum absolute atomic E-state index is 0.197. The maximum Gasteiger partial charge on any atom is 0.414 e. The molecular formula is C22H30N4O5. The lowest BCUT2D eigenvalue weighted by Crippen LogP contribution is -2.42. The summed E-state index contributed by atoms with van der Waals surface area (Å²) in [5, 5.41) is 14.7. The van der Waals surface area contributed by atoms with Crippen molar-refractivity contribution in [1.82, 2.24) is 15.3 Å². The van der Waals surface area contributed by atoms with Crippen LogP contribution in [0.15, 0.2) is 18.2 Å². The Labute approximate surface area is 181 Å². The molecule has 1 heterocycles. The van der Waals surface area contributed by atoms with Gasteiger partial charge in [-0.2, -0.15) is 0 Å². The molecule has 2 aromatic rings. The Hall–Kier alpha value is -3.10. The van der Waals surface area contributed by atoms with Crippen LogP contribution >= 0.6 is 0 Å². The average Bonchev–Trinajstić information content (AvgIpc) is 3.07. The molecule has 3 rings (SSSR count). The number of nitrogens with zero attached hydrogens (tertiary/aromatic N) is 1. The Bertz CT molecular complexity index is 956. The highest BCUT2D eigenvalue weighted by Crippen LogP contribution is 2.27. The molecule has 4 N–H and O–H groups in total. The molecule has 2 amide bonds. The quantitative estimate of drug-likeness (QED) is 0.546. The number of imidazole rings is 1. The number of carboxylic acids is 1. The number of nitrogens with one attached hydrogen (secondary N) is 3. The molecule has 9 heteroatoms. The fourth-order valence-electron chi connectivity index (χ4n) is 3.83. The minimum Gasteiger partial charge on any atom is -0.480 e. The summed E-state index contributed by atoms with van der Waals surface area (Å²) in [5.41, 5.74) is 0.759. The van der Waals surface area contributed by atoms with Crippen molar-refractivity contribution in [1.29, 1.82) is 0 Å². The van der Waals surface area contributed by atoms with Crippen molar-refractivity contribution in [3.05, 3.63) is 23.8 Å². The number of carboxylic acid groups (broad SMARTS) is 1. The number of anilines is 1. The number of hydrogen-bond donors (Lipinski definition) is 4. The van der Waals surface area contributed by atoms with Crippen LogP contribution in [-0.2, 0) is 9.53 Å². The first-order chi connectivity index (χ1) is 14.6. The maximum absolute atomic E-state index is 12.7. The molecule has 168 valence electrons. The molecule has 1 aliphatic carbocycles. The standard InChI is InChI=1S/C22H30N4O5/c1-22(2,3)31-21(30)26-20-24-15-10-9-14(12-16(15)25-20)18(27)23-17(19(28)29)11-13-7-5-4-6-8-13/h9-10,12-13,17H,4-8,11H2,1-3H3,(H,23,27)(H,28,29)(H2,24,25,26,30)/t17-/m0/s1. The summed E-state index contributed by atoms with van der Waals surface area (Å²) < 4.78 is 5.20. The van der Waals surface area contributed by atoms with Crippen LogP contribution < -0.4 is 10.6 Å². The Morgan fingerprint density at radius 1 is 1.23 bits per heavy atom. The van der Waals surface area contributed by atoms with E-state index in [0.29, 0.717) is 28.9 Å². The van der Waals surface area contributed by atoms with E-state index in [1.807, 2.05) is 0 Å². The van der Waals surface area contributed by atoms with Crippen molar-refractivity contribution in [2.24, 2.45) is 5.92 Å². The van der Waals surface area contributed by atoms with E-state index in [1.165, 1.54) is 6.42 Å². The van der Waals surface area contributed by atoms with Crippen LogP contribution in [0, 0.1) is 5.92 Å². The topological polar surface area (TPSA) is 133 Å². The van der Waals surface area contributed by atoms with Gasteiger partial charge in [-0.15, -0.1) is 0 Å². The summed E-state index contributed by atoms with van der Waals surface area (Å²) in [4.78, 5) is 43.5. The summed E-state index contributed by atoms with van der Waals surface area (Å²) >= 11 is 0. The molecule has 1 aliphatic rings. The molecular weight excluding hydrogens is 400 g/mol. The van der Waals surface area contributed by atoms with E-state index in [-0.39, 0.29) is 5.95 Å². The van der Waals surface area contributed by atoms with Gasteiger partial charge in [-0.1, -0.05) is 32.1 Å². The number of aromatic nitrogens is 2. The second-order valence-electron chi connectivity index (χ2n) is 9.05. The summed E-state index contributed by atoms with van der Waals surface area (Å²) in [6, 6.07) is 3.89. The van der Waals surface area contributed by atoms with E-state index in [4.69, 9.17) is 4.74 Å². The number of carbonyl (C=O) groups excluding carboxylic acids is 2. The normalized spacial score (nSPS) is 16.0. The van der Waals surface area contributed by atoms with Crippen molar-refractivity contribution in [2.45, 2.75) is 70.9 Å². The van der Waals surface area contributed by atoms with Crippen LogP contribution in [0.4, 0.5) is 10.7 Å². The first-order valence-corrected chi connectivity index (χ1v) is 10.6. The largest absolute Gasteiger partial charge is 0.480 e. The van der Waals surface area contributed by atoms with Crippen molar-refractivity contribution >= 4 is 35.0 Å². The van der Waals surface area contributed by atoms with Gasteiger partial charge in [0.15, 0.2) is 0 Å². The number of benzene rings is 1. The van der Waals surface area contributed by atoms with Crippen LogP contribution in [0.5, 0.6) is 0 Å². The van der Waals surface area contributed by atoms with E-state index in [1.54, 1.807) is 39.0 Å². The number of rotatable bonds is 6. The summed E-state index contributed by atoms with van der Waals surface area (Å²) in [6.07, 6.45) is 5.22. The maximum atomic E-state index is 12.7. The Balaban J connectivity index is 1.67. The van der Waals surface area contributed by atoms with E-state index in [2.05, 4.69) is 20.6 Å². The molecule has 0 bridgehead atoms. The van der Waals surface area contributed by atoms with Gasteiger partial charge < -0.3 is 20.1 Å². The van der Waals surface area contributed by atoms with Crippen molar-refractivity contribution in [3.8, 4) is 0 Å². The van der Waals surface area contributed by atoms with Gasteiger partial charge in [0.2, 0.25) is 5.95 Å². The third-order valence-corrected chi connectivity index (χ3v) is 5.26. The van der Waals surface area contributed by atoms with Gasteiger partial charge in [0.1, 0.15) is 11.6 Å². The SMILES string of the molecule is CC(C)(C)OC(=O)Nc1nc2cc(C(=O)N[C@@H](CC3CCCCC3)C(=O)O)ccc2[nH]1. The van der Waals surface area contributed by atoms with Gasteiger partial charge in [-0.05, 0) is 51.3 Å². The van der Waals surface area contributed by atoms with Crippen LogP contribution in [0.1, 0.15) is 69.7 Å². The first-order valence-electron chi connectivity index (χ1n) is 10.6. The van der Waals surface area contributed by atoms with Crippen molar-refractivity contribution in [2.75, 3.05) is 5.32 Å². The number of amides is 2. The fraction of sp³-hybridized carbons (Fsp3) is 0.545. The number of aliphatic carboxylic acids is 1. The third-order valence-electron chi connectivity index (χ3n) is 5.26. The predicted octanol–water partition coefficient (Wildman–Crippen LogP) is 4.06. The van der Waals surface area contributed by atoms with Gasteiger partial charge in [0.25, 0.3) is 5.91 Å². The van der Waals surface area contributed by atoms with Gasteiger partial charge in [0, 0.05) is 5.56 Å². The molecule has 1 aromatic carbocycles. The minimum atomic E-state index is -1.02. The fourth-order valence-corrected chi connectivity index (χ4v) is 3.83. The first kappa shape index (κ1) is 22.6. The molecule has 0 aliphatic heterocycles. The van der Waals surface area contributed by atoms with Crippen LogP contribution in [0.25, 0.3) is 11.0 Å². The van der Waals surface area contributed by atoms with Crippen LogP contribution in [0.2, 0.25) is 0 Å². The third kappa shape index (κ3) is 6.44. The number of ether oxygens (including phenoxy) is 1. The van der Waals surface area contributed by atoms with E-state index < -0.39 is 29.6 Å². The van der Waals surface area contributed by atoms with E-state index >= 15 is 0 Å². The Morgan fingerprint density at radius 3 is 2.58 bits per heavy atom. The zero-order valence-electron chi connectivity index (χ0n) is 18.2. The van der Waals surface area contributed by atoms with Gasteiger partial charge in [-0.3, -0.25) is 10.1 Å². The zero-order chi connectivity index (χ0) is 22.6. The molecule has 1 saturated carbocycles. The molecule has 1 aromatic heterocycles. The summed E-state index contributed by atoms with van der Waals surface area (Å²) in [7, 11) is 0. The summed E-state index contributed by atoms with van der Waals surface area (Å²) in [6.45, 7) is 5.28. The van der Waals surface area contributed by atoms with Crippen molar-refractivity contribution in [3.63, 3.8) is 0 Å². The number of hydrogen-bond acceptors (Lipinski definition) is 5. The Kier molecular flexibility index (Phi) is 6.82. The molecule has 31 heavy (non-hydrogen) atoms. The zero-order valence-corrected chi connectivity index (χ0v) is 18.2. The number of carbonyl (C=O) groups is 3. The number of aromatic amines is 1. The van der Waals surface area contributed by atoms with Gasteiger partial charge >= 0.3 is 12.1 Å². The molecule has 1 fully saturated rings. The highest BCUT2D eigenvalue weighted by Gasteiger charge is 2.26. The van der Waals surface area contributed by atoms with Crippen LogP contribution in [0.3, 0.4) is 0 Å². The lowest BCUT2D eigenvalue weighted by atomic mass is 9.85. The highest BCUT2D eigenvalue weighted by atomic mass is 16.6. The van der Waals surface area contributed by atoms with Gasteiger partial charge in [-0.25, -0.2) is 14.6 Å². The molecule has 9 nitrogen and oxygen atoms in total. The smallest absolute Gasteiger partial charge is 0.414 e. The summed E-state index contributed by atoms with van der Waals surface area (Å²) in [5.74, 6) is -0.966. The monoisotopic (exact) mass is 430 g/mol. The van der Waals surface area contributed by atoms with Crippen molar-refractivity contribution < 1.29 is 24.2 Å². The molecule has 1 atom stereocenters. The van der Waals surface area contributed by atoms with Crippen LogP contribution in [-0.4, -0.2) is 44.7 Å². The Morgan fingerprint density at radius 2 is 1.94 bits per heavy atom. The lowest BCUT2D eigenvalue weighted by molar-refractivity contribution is -0.139. The average molecular weight is 431 g/mol. The lowest BCUT2D eigenvalue weighted by Gasteiger charge is -2.25. The number of H-pyrrole nitrogens is 1. The molecule has 0 spiro atoms. The second kappa shape index (κ2) is 9.36. The molecule has 0 radical (unpaired) electrons. The highest BCUT2D eigenvalue weighted by molar-refractivity contribution is 5.99. The molecule has 0 unspecified atom stereocenters. The van der Waals surface area contributed by atoms with E-state index in [0.717, 1.165) is 25.7 Å². The van der Waals surface area contributed by atoms with Gasteiger partial charge in [0.05, 0.1) is 11.0 Å². The number of fused-ring (bicyclic) bond motifs is 1. The predicted molar refractivity (Wildman–Crippen MR) is 116 cm³/mol. The second-order valence-corrected chi connectivity index (χ2v) is 9.05.